The van der Waals surface area contributed by atoms with Crippen LogP contribution in [0.25, 0.3) is 0 Å². The van der Waals surface area contributed by atoms with Gasteiger partial charge in [0.2, 0.25) is 0 Å². The van der Waals surface area contributed by atoms with Crippen molar-refractivity contribution in [1.82, 2.24) is 0 Å². The van der Waals surface area contributed by atoms with Crippen molar-refractivity contribution in [2.75, 3.05) is 27.2 Å². The molecule has 0 atom stereocenters. The number of rotatable bonds is 13. The standard InChI is InChI=1S/C17H36NO.ClH/c1-4-5-6-7-8-9-10-11-12-13-15-18(2,3)16-14-17-19;/h14,16,19H,4-13,15,17H2,1-3H3;1H/q+1;/p-1. The van der Waals surface area contributed by atoms with Crippen LogP contribution in [0.15, 0.2) is 12.3 Å². The van der Waals surface area contributed by atoms with E-state index in [4.69, 9.17) is 5.11 Å². The third-order valence-corrected chi connectivity index (χ3v) is 3.70. The van der Waals surface area contributed by atoms with Gasteiger partial charge >= 0.3 is 0 Å². The van der Waals surface area contributed by atoms with Crippen LogP contribution in [0.4, 0.5) is 0 Å². The van der Waals surface area contributed by atoms with E-state index in [9.17, 15) is 0 Å². The van der Waals surface area contributed by atoms with Crippen molar-refractivity contribution in [1.29, 1.82) is 0 Å². The first-order valence-corrected chi connectivity index (χ1v) is 8.23. The monoisotopic (exact) mass is 305 g/mol. The van der Waals surface area contributed by atoms with Crippen molar-refractivity contribution in [3.63, 3.8) is 0 Å². The van der Waals surface area contributed by atoms with Gasteiger partial charge in [0, 0.05) is 0 Å². The average molecular weight is 306 g/mol. The van der Waals surface area contributed by atoms with Crippen LogP contribution >= 0.6 is 0 Å². The number of aliphatic hydroxyl groups excluding tert-OH is 1. The minimum Gasteiger partial charge on any atom is -1.00 e. The maximum atomic E-state index is 8.78. The molecule has 0 aliphatic heterocycles. The Morgan fingerprint density at radius 1 is 0.800 bits per heavy atom. The number of hydrogen-bond donors (Lipinski definition) is 1. The summed E-state index contributed by atoms with van der Waals surface area (Å²) in [6, 6.07) is 0. The Labute approximate surface area is 133 Å². The fourth-order valence-electron chi connectivity index (χ4n) is 2.41. The summed E-state index contributed by atoms with van der Waals surface area (Å²) in [5.41, 5.74) is 0. The number of aliphatic hydroxyl groups is 1. The SMILES string of the molecule is CCCCCCCCCCCC[N+](C)(C)C=CCO.[Cl-]. The van der Waals surface area contributed by atoms with E-state index in [-0.39, 0.29) is 19.0 Å². The number of quaternary nitrogens is 1. The largest absolute Gasteiger partial charge is 1.00 e. The van der Waals surface area contributed by atoms with Crippen LogP contribution in [-0.2, 0) is 0 Å². The van der Waals surface area contributed by atoms with Gasteiger partial charge in [0.05, 0.1) is 33.4 Å². The Morgan fingerprint density at radius 3 is 1.70 bits per heavy atom. The summed E-state index contributed by atoms with van der Waals surface area (Å²) in [6.45, 7) is 3.60. The van der Waals surface area contributed by atoms with E-state index in [0.717, 1.165) is 4.48 Å². The van der Waals surface area contributed by atoms with Crippen LogP contribution in [0, 0.1) is 0 Å². The summed E-state index contributed by atoms with van der Waals surface area (Å²) in [4.78, 5) is 0. The molecule has 0 bridgehead atoms. The molecule has 0 radical (unpaired) electrons. The molecule has 0 spiro atoms. The summed E-state index contributed by atoms with van der Waals surface area (Å²) in [5.74, 6) is 0. The zero-order valence-electron chi connectivity index (χ0n) is 13.9. The summed E-state index contributed by atoms with van der Waals surface area (Å²) >= 11 is 0. The Bertz CT molecular complexity index is 217. The topological polar surface area (TPSA) is 20.2 Å². The Hall–Kier alpha value is -0.0500. The third kappa shape index (κ3) is 16.0. The Kier molecular flexibility index (Phi) is 17.1. The van der Waals surface area contributed by atoms with Crippen LogP contribution in [0.1, 0.15) is 71.1 Å². The quantitative estimate of drug-likeness (QED) is 0.404. The van der Waals surface area contributed by atoms with Gasteiger partial charge in [-0.1, -0.05) is 58.3 Å². The summed E-state index contributed by atoms with van der Waals surface area (Å²) in [7, 11) is 4.39. The molecule has 1 N–H and O–H groups in total. The van der Waals surface area contributed by atoms with Gasteiger partial charge in [-0.2, -0.15) is 0 Å². The van der Waals surface area contributed by atoms with Crippen molar-refractivity contribution >= 4 is 0 Å². The first kappa shape index (κ1) is 22.2. The molecule has 0 aromatic heterocycles. The number of unbranched alkanes of at least 4 members (excludes halogenated alkanes) is 9. The molecule has 0 saturated carbocycles. The molecule has 2 nitrogen and oxygen atoms in total. The lowest BCUT2D eigenvalue weighted by atomic mass is 10.1. The molecule has 0 aromatic carbocycles. The zero-order chi connectivity index (χ0) is 14.4. The van der Waals surface area contributed by atoms with Gasteiger partial charge < -0.3 is 22.0 Å². The van der Waals surface area contributed by atoms with Crippen LogP contribution in [0.5, 0.6) is 0 Å². The second-order valence-electron chi connectivity index (χ2n) is 6.25. The Balaban J connectivity index is 0. The van der Waals surface area contributed by atoms with Gasteiger partial charge in [-0.25, -0.2) is 0 Å². The van der Waals surface area contributed by atoms with Crippen molar-refractivity contribution in [2.45, 2.75) is 71.1 Å². The summed E-state index contributed by atoms with van der Waals surface area (Å²) < 4.78 is 0.886. The lowest BCUT2D eigenvalue weighted by Crippen LogP contribution is -3.00. The van der Waals surface area contributed by atoms with Gasteiger partial charge in [0.1, 0.15) is 0 Å². The minimum atomic E-state index is 0. The van der Waals surface area contributed by atoms with Crippen LogP contribution in [-0.4, -0.2) is 36.8 Å². The molecular formula is C17H36ClNO. The highest BCUT2D eigenvalue weighted by atomic mass is 35.5. The fraction of sp³-hybridized carbons (Fsp3) is 0.882. The second-order valence-corrected chi connectivity index (χ2v) is 6.25. The van der Waals surface area contributed by atoms with E-state index in [1.807, 2.05) is 6.08 Å². The van der Waals surface area contributed by atoms with Gasteiger partial charge in [-0.05, 0) is 18.9 Å². The van der Waals surface area contributed by atoms with Gasteiger partial charge in [-0.15, -0.1) is 0 Å². The molecular weight excluding hydrogens is 270 g/mol. The van der Waals surface area contributed by atoms with Crippen LogP contribution in [0.2, 0.25) is 0 Å². The van der Waals surface area contributed by atoms with E-state index in [2.05, 4.69) is 27.2 Å². The van der Waals surface area contributed by atoms with Crippen LogP contribution in [0.3, 0.4) is 0 Å². The van der Waals surface area contributed by atoms with Crippen LogP contribution < -0.4 is 12.4 Å². The summed E-state index contributed by atoms with van der Waals surface area (Å²) in [6.07, 6.45) is 17.8. The predicted octanol–water partition coefficient (Wildman–Crippen LogP) is 1.49. The number of hydrogen-bond acceptors (Lipinski definition) is 1. The fourth-order valence-corrected chi connectivity index (χ4v) is 2.41. The first-order chi connectivity index (χ1) is 9.12. The van der Waals surface area contributed by atoms with Gasteiger partial charge in [0.15, 0.2) is 0 Å². The molecule has 0 fully saturated rings. The molecule has 0 amide bonds. The third-order valence-electron chi connectivity index (χ3n) is 3.70. The summed E-state index contributed by atoms with van der Waals surface area (Å²) in [5, 5.41) is 8.78. The highest BCUT2D eigenvalue weighted by Gasteiger charge is 2.09. The van der Waals surface area contributed by atoms with E-state index in [1.54, 1.807) is 0 Å². The molecule has 0 aliphatic rings. The second kappa shape index (κ2) is 15.3. The van der Waals surface area contributed by atoms with E-state index in [0.29, 0.717) is 0 Å². The molecule has 0 aromatic rings. The molecule has 0 unspecified atom stereocenters. The van der Waals surface area contributed by atoms with Crippen molar-refractivity contribution in [3.8, 4) is 0 Å². The lowest BCUT2D eigenvalue weighted by Gasteiger charge is -2.24. The molecule has 0 heterocycles. The smallest absolute Gasteiger partial charge is 0.0936 e. The van der Waals surface area contributed by atoms with E-state index >= 15 is 0 Å². The van der Waals surface area contributed by atoms with Crippen molar-refractivity contribution in [2.24, 2.45) is 0 Å². The molecule has 0 aliphatic carbocycles. The molecule has 0 rings (SSSR count). The van der Waals surface area contributed by atoms with Crippen molar-refractivity contribution in [3.05, 3.63) is 12.3 Å². The van der Waals surface area contributed by atoms with Crippen molar-refractivity contribution < 1.29 is 22.0 Å². The number of halogens is 1. The molecule has 3 heteroatoms. The zero-order valence-corrected chi connectivity index (χ0v) is 14.7. The highest BCUT2D eigenvalue weighted by Crippen LogP contribution is 2.11. The number of nitrogens with zero attached hydrogens (tertiary/aromatic N) is 1. The van der Waals surface area contributed by atoms with E-state index < -0.39 is 0 Å². The Morgan fingerprint density at radius 2 is 1.25 bits per heavy atom. The van der Waals surface area contributed by atoms with E-state index in [1.165, 1.54) is 70.8 Å². The maximum absolute atomic E-state index is 8.78. The highest BCUT2D eigenvalue weighted by molar-refractivity contribution is 4.71. The first-order valence-electron chi connectivity index (χ1n) is 8.23. The average Bonchev–Trinajstić information content (AvgIpc) is 2.38. The molecule has 0 saturated heterocycles. The normalized spacial score (nSPS) is 11.8. The lowest BCUT2D eigenvalue weighted by molar-refractivity contribution is -0.839. The minimum absolute atomic E-state index is 0. The molecule has 20 heavy (non-hydrogen) atoms. The van der Waals surface area contributed by atoms with Gasteiger partial charge in [0.25, 0.3) is 0 Å². The predicted molar refractivity (Wildman–Crippen MR) is 85.0 cm³/mol. The maximum Gasteiger partial charge on any atom is 0.0936 e. The van der Waals surface area contributed by atoms with Gasteiger partial charge in [-0.3, -0.25) is 0 Å². The molecule has 122 valence electrons.